The first-order valence-corrected chi connectivity index (χ1v) is 10.5. The Morgan fingerprint density at radius 3 is 2.84 bits per heavy atom. The van der Waals surface area contributed by atoms with Crippen LogP contribution in [0.4, 0.5) is 10.3 Å². The predicted octanol–water partition coefficient (Wildman–Crippen LogP) is 4.48. The second kappa shape index (κ2) is 8.43. The Balaban J connectivity index is 1.34. The van der Waals surface area contributed by atoms with Crippen molar-refractivity contribution in [2.75, 3.05) is 11.9 Å². The topological polar surface area (TPSA) is 71.3 Å². The van der Waals surface area contributed by atoms with Crippen LogP contribution >= 0.6 is 0 Å². The lowest BCUT2D eigenvalue weighted by molar-refractivity contribution is -0.118. The Morgan fingerprint density at radius 2 is 2.03 bits per heavy atom. The molecule has 0 bridgehead atoms. The highest BCUT2D eigenvalue weighted by Crippen LogP contribution is 2.31. The number of carbonyl (C=O) groups is 1. The molecule has 0 fully saturated rings. The van der Waals surface area contributed by atoms with E-state index in [1.165, 1.54) is 5.56 Å². The second-order valence-corrected chi connectivity index (χ2v) is 7.99. The van der Waals surface area contributed by atoms with Gasteiger partial charge in [0.1, 0.15) is 17.2 Å². The van der Waals surface area contributed by atoms with Crippen LogP contribution in [0.3, 0.4) is 0 Å². The molecule has 0 unspecified atom stereocenters. The van der Waals surface area contributed by atoms with Crippen molar-refractivity contribution in [3.63, 3.8) is 0 Å². The van der Waals surface area contributed by atoms with Gasteiger partial charge in [-0.1, -0.05) is 36.4 Å². The molecule has 1 N–H and O–H groups in total. The molecule has 0 radical (unpaired) electrons. The van der Waals surface area contributed by atoms with Crippen LogP contribution in [0.15, 0.2) is 58.8 Å². The second-order valence-electron chi connectivity index (χ2n) is 7.99. The van der Waals surface area contributed by atoms with Crippen LogP contribution in [-0.4, -0.2) is 27.2 Å². The summed E-state index contributed by atoms with van der Waals surface area (Å²) in [7, 11) is 0. The number of halogens is 1. The lowest BCUT2D eigenvalue weighted by atomic mass is 10.0. The molecule has 0 spiro atoms. The molecule has 0 saturated heterocycles. The first-order valence-electron chi connectivity index (χ1n) is 10.5. The van der Waals surface area contributed by atoms with Crippen LogP contribution < -0.4 is 5.32 Å². The fraction of sp³-hybridized carbons (Fsp3) is 0.292. The summed E-state index contributed by atoms with van der Waals surface area (Å²) < 4.78 is 20.5. The van der Waals surface area contributed by atoms with Crippen molar-refractivity contribution in [1.82, 2.24) is 14.9 Å². The Hall–Kier alpha value is -3.32. The maximum atomic E-state index is 14.5. The standard InChI is InChI=1S/C24H23FN4O2/c25-20-13-26-24(27-18-6-8-19(30)9-7-18)28-23(20)22-12-17-15-29(11-10-21(17)31-22)14-16-4-2-1-3-5-16/h1-6,12-13H,7-11,14-15H2,(H,26,27,28). The molecule has 1 aliphatic carbocycles. The maximum Gasteiger partial charge on any atom is 0.227 e. The number of hydrogen-bond acceptors (Lipinski definition) is 6. The van der Waals surface area contributed by atoms with Gasteiger partial charge in [0.25, 0.3) is 0 Å². The van der Waals surface area contributed by atoms with Gasteiger partial charge in [-0.15, -0.1) is 0 Å². The van der Waals surface area contributed by atoms with Crippen LogP contribution in [0.5, 0.6) is 0 Å². The van der Waals surface area contributed by atoms with E-state index in [2.05, 4.69) is 32.3 Å². The highest BCUT2D eigenvalue weighted by molar-refractivity contribution is 5.81. The van der Waals surface area contributed by atoms with Gasteiger partial charge < -0.3 is 9.73 Å². The van der Waals surface area contributed by atoms with Crippen molar-refractivity contribution in [2.24, 2.45) is 0 Å². The third-order valence-electron chi connectivity index (χ3n) is 5.69. The summed E-state index contributed by atoms with van der Waals surface area (Å²) in [6, 6.07) is 12.2. The zero-order valence-electron chi connectivity index (χ0n) is 17.1. The minimum Gasteiger partial charge on any atom is -0.459 e. The Morgan fingerprint density at radius 1 is 1.16 bits per heavy atom. The van der Waals surface area contributed by atoms with Gasteiger partial charge in [-0.3, -0.25) is 9.69 Å². The summed E-state index contributed by atoms with van der Waals surface area (Å²) in [6.07, 6.45) is 5.29. The number of furan rings is 1. The molecule has 0 amide bonds. The molecule has 6 nitrogen and oxygen atoms in total. The van der Waals surface area contributed by atoms with Gasteiger partial charge in [-0.05, 0) is 18.1 Å². The van der Waals surface area contributed by atoms with Crippen LogP contribution in [0.1, 0.15) is 36.1 Å². The monoisotopic (exact) mass is 418 g/mol. The summed E-state index contributed by atoms with van der Waals surface area (Å²) in [5, 5.41) is 3.10. The van der Waals surface area contributed by atoms with E-state index < -0.39 is 5.82 Å². The van der Waals surface area contributed by atoms with Crippen molar-refractivity contribution in [2.45, 2.75) is 38.8 Å². The highest BCUT2D eigenvalue weighted by Gasteiger charge is 2.23. The van der Waals surface area contributed by atoms with Crippen molar-refractivity contribution >= 4 is 11.7 Å². The maximum absolute atomic E-state index is 14.5. The molecular weight excluding hydrogens is 395 g/mol. The van der Waals surface area contributed by atoms with Crippen LogP contribution in [0.2, 0.25) is 0 Å². The number of Topliss-reactive ketones (excluding diaryl/α,β-unsaturated/α-hetero) is 1. The molecule has 31 heavy (non-hydrogen) atoms. The van der Waals surface area contributed by atoms with Gasteiger partial charge in [0, 0.05) is 50.2 Å². The number of rotatable bonds is 5. The average Bonchev–Trinajstić information content (AvgIpc) is 3.20. The number of nitrogens with one attached hydrogen (secondary N) is 1. The first kappa shape index (κ1) is 19.6. The average molecular weight is 418 g/mol. The number of ketones is 1. The normalized spacial score (nSPS) is 16.7. The molecule has 7 heteroatoms. The SMILES string of the molecule is O=C1CC=C(Nc2ncc(F)c(-c3cc4c(o3)CCN(Cc3ccccc3)C4)n2)CC1. The molecule has 2 aromatic heterocycles. The number of anilines is 1. The Bertz CT molecular complexity index is 1140. The van der Waals surface area contributed by atoms with Gasteiger partial charge in [0.15, 0.2) is 11.6 Å². The number of hydrogen-bond donors (Lipinski definition) is 1. The fourth-order valence-electron chi connectivity index (χ4n) is 4.06. The van der Waals surface area contributed by atoms with Crippen molar-refractivity contribution < 1.29 is 13.6 Å². The molecule has 5 rings (SSSR count). The summed E-state index contributed by atoms with van der Waals surface area (Å²) >= 11 is 0. The third-order valence-corrected chi connectivity index (χ3v) is 5.69. The van der Waals surface area contributed by atoms with E-state index in [1.54, 1.807) is 0 Å². The summed E-state index contributed by atoms with van der Waals surface area (Å²) in [5.74, 6) is 1.30. The van der Waals surface area contributed by atoms with E-state index in [-0.39, 0.29) is 11.5 Å². The summed E-state index contributed by atoms with van der Waals surface area (Å²) in [4.78, 5) is 22.2. The van der Waals surface area contributed by atoms with Crippen LogP contribution in [0.25, 0.3) is 11.5 Å². The quantitative estimate of drug-likeness (QED) is 0.659. The number of benzene rings is 1. The van der Waals surface area contributed by atoms with Gasteiger partial charge in [-0.25, -0.2) is 14.4 Å². The number of fused-ring (bicyclic) bond motifs is 1. The zero-order valence-corrected chi connectivity index (χ0v) is 17.1. The van der Waals surface area contributed by atoms with Crippen molar-refractivity contribution in [1.29, 1.82) is 0 Å². The van der Waals surface area contributed by atoms with Gasteiger partial charge in [-0.2, -0.15) is 0 Å². The Kier molecular flexibility index (Phi) is 5.34. The van der Waals surface area contributed by atoms with E-state index >= 15 is 0 Å². The van der Waals surface area contributed by atoms with Crippen molar-refractivity contribution in [3.05, 3.63) is 77.1 Å². The van der Waals surface area contributed by atoms with E-state index in [1.807, 2.05) is 30.3 Å². The number of carbonyl (C=O) groups excluding carboxylic acids is 1. The van der Waals surface area contributed by atoms with Gasteiger partial charge in [0.05, 0.1) is 6.20 Å². The minimum absolute atomic E-state index is 0.147. The highest BCUT2D eigenvalue weighted by atomic mass is 19.1. The van der Waals surface area contributed by atoms with E-state index in [0.717, 1.165) is 49.3 Å². The molecule has 3 aromatic rings. The molecule has 0 atom stereocenters. The smallest absolute Gasteiger partial charge is 0.227 e. The lowest BCUT2D eigenvalue weighted by Gasteiger charge is -2.25. The fourth-order valence-corrected chi connectivity index (χ4v) is 4.06. The van der Waals surface area contributed by atoms with E-state index in [0.29, 0.717) is 31.0 Å². The minimum atomic E-state index is -0.523. The van der Waals surface area contributed by atoms with E-state index in [9.17, 15) is 9.18 Å². The largest absolute Gasteiger partial charge is 0.459 e. The lowest BCUT2D eigenvalue weighted by Crippen LogP contribution is -2.29. The van der Waals surface area contributed by atoms with Crippen molar-refractivity contribution in [3.8, 4) is 11.5 Å². The molecule has 2 aliphatic rings. The van der Waals surface area contributed by atoms with E-state index in [4.69, 9.17) is 4.42 Å². The molecule has 1 aromatic carbocycles. The molecule has 3 heterocycles. The van der Waals surface area contributed by atoms with Gasteiger partial charge in [0.2, 0.25) is 5.95 Å². The van der Waals surface area contributed by atoms with Crippen LogP contribution in [0, 0.1) is 5.82 Å². The third kappa shape index (κ3) is 4.41. The molecule has 1 aliphatic heterocycles. The zero-order chi connectivity index (χ0) is 21.2. The Labute approximate surface area is 179 Å². The number of aromatic nitrogens is 2. The number of nitrogens with zero attached hydrogens (tertiary/aromatic N) is 3. The summed E-state index contributed by atoms with van der Waals surface area (Å²) in [6.45, 7) is 2.52. The summed E-state index contributed by atoms with van der Waals surface area (Å²) in [5.41, 5.74) is 3.37. The van der Waals surface area contributed by atoms with Gasteiger partial charge >= 0.3 is 0 Å². The van der Waals surface area contributed by atoms with Crippen LogP contribution in [-0.2, 0) is 24.3 Å². The predicted molar refractivity (Wildman–Crippen MR) is 115 cm³/mol. The first-order chi connectivity index (χ1) is 15.1. The molecule has 0 saturated carbocycles. The number of allylic oxidation sites excluding steroid dienone is 2. The molecule has 158 valence electrons. The molecular formula is C24H23FN4O2.